The summed E-state index contributed by atoms with van der Waals surface area (Å²) in [6, 6.07) is 9.93. The number of rotatable bonds is 6. The lowest BCUT2D eigenvalue weighted by molar-refractivity contribution is 0.254. The molecule has 1 N–H and O–H groups in total. The maximum absolute atomic E-state index is 4.00. The van der Waals surface area contributed by atoms with Crippen molar-refractivity contribution in [2.24, 2.45) is 5.92 Å². The molecule has 1 saturated carbocycles. The topological polar surface area (TPSA) is 12.0 Å². The maximum Gasteiger partial charge on any atom is 0.0767 e. The summed E-state index contributed by atoms with van der Waals surface area (Å²) in [5, 5.41) is 8.39. The SMILES string of the molecule is CCC(NC(c1cccs1)c1cccs1)C1CCCCC1. The van der Waals surface area contributed by atoms with Crippen LogP contribution in [0.25, 0.3) is 0 Å². The van der Waals surface area contributed by atoms with Crippen LogP contribution in [-0.2, 0) is 0 Å². The second-order valence-corrected chi connectivity index (χ2v) is 8.00. The predicted octanol–water partition coefficient (Wildman–Crippen LogP) is 5.85. The molecule has 1 aliphatic carbocycles. The molecule has 1 fully saturated rings. The van der Waals surface area contributed by atoms with E-state index in [0.717, 1.165) is 5.92 Å². The zero-order valence-corrected chi connectivity index (χ0v) is 14.4. The highest BCUT2D eigenvalue weighted by molar-refractivity contribution is 7.11. The van der Waals surface area contributed by atoms with Gasteiger partial charge in [0.1, 0.15) is 0 Å². The van der Waals surface area contributed by atoms with Crippen molar-refractivity contribution in [2.75, 3.05) is 0 Å². The summed E-state index contributed by atoms with van der Waals surface area (Å²) in [5.74, 6) is 0.867. The van der Waals surface area contributed by atoms with Gasteiger partial charge < -0.3 is 5.32 Å². The van der Waals surface area contributed by atoms with Crippen LogP contribution < -0.4 is 5.32 Å². The van der Waals surface area contributed by atoms with E-state index in [2.05, 4.69) is 47.3 Å². The highest BCUT2D eigenvalue weighted by Crippen LogP contribution is 2.33. The van der Waals surface area contributed by atoms with Crippen molar-refractivity contribution in [2.45, 2.75) is 57.5 Å². The van der Waals surface area contributed by atoms with Crippen LogP contribution in [0, 0.1) is 5.92 Å². The van der Waals surface area contributed by atoms with Gasteiger partial charge in [-0.15, -0.1) is 22.7 Å². The normalized spacial score (nSPS) is 18.2. The van der Waals surface area contributed by atoms with Crippen LogP contribution in [-0.4, -0.2) is 6.04 Å². The van der Waals surface area contributed by atoms with E-state index in [-0.39, 0.29) is 0 Å². The second-order valence-electron chi connectivity index (χ2n) is 6.04. The van der Waals surface area contributed by atoms with E-state index >= 15 is 0 Å². The maximum atomic E-state index is 4.00. The van der Waals surface area contributed by atoms with E-state index in [1.807, 2.05) is 22.7 Å². The molecule has 1 aliphatic rings. The van der Waals surface area contributed by atoms with Crippen molar-refractivity contribution < 1.29 is 0 Å². The van der Waals surface area contributed by atoms with Crippen LogP contribution in [0.3, 0.4) is 0 Å². The molecule has 2 aromatic rings. The lowest BCUT2D eigenvalue weighted by atomic mass is 9.82. The molecule has 1 atom stereocenters. The summed E-state index contributed by atoms with van der Waals surface area (Å²) >= 11 is 3.75. The summed E-state index contributed by atoms with van der Waals surface area (Å²) in [4.78, 5) is 2.90. The van der Waals surface area contributed by atoms with Gasteiger partial charge in [0.15, 0.2) is 0 Å². The van der Waals surface area contributed by atoms with Crippen LogP contribution in [0.1, 0.15) is 61.2 Å². The Morgan fingerprint density at radius 1 is 1.05 bits per heavy atom. The Hall–Kier alpha value is -0.640. The third-order valence-corrected chi connectivity index (χ3v) is 6.57. The second kappa shape index (κ2) is 7.57. The van der Waals surface area contributed by atoms with Crippen molar-refractivity contribution in [3.63, 3.8) is 0 Å². The van der Waals surface area contributed by atoms with Gasteiger partial charge in [0.25, 0.3) is 0 Å². The van der Waals surface area contributed by atoms with Crippen molar-refractivity contribution in [1.29, 1.82) is 0 Å². The molecule has 0 radical (unpaired) electrons. The summed E-state index contributed by atoms with van der Waals surface area (Å²) < 4.78 is 0. The van der Waals surface area contributed by atoms with Crippen molar-refractivity contribution in [1.82, 2.24) is 5.32 Å². The Labute approximate surface area is 136 Å². The fraction of sp³-hybridized carbons (Fsp3) is 0.556. The summed E-state index contributed by atoms with van der Waals surface area (Å²) in [6.07, 6.45) is 8.33. The zero-order chi connectivity index (χ0) is 14.5. The molecule has 114 valence electrons. The average Bonchev–Trinajstić information content (AvgIpc) is 3.23. The smallest absolute Gasteiger partial charge is 0.0767 e. The van der Waals surface area contributed by atoms with E-state index in [9.17, 15) is 0 Å². The minimum absolute atomic E-state index is 0.386. The molecule has 1 nitrogen and oxygen atoms in total. The van der Waals surface area contributed by atoms with Gasteiger partial charge in [-0.1, -0.05) is 38.3 Å². The Morgan fingerprint density at radius 3 is 2.14 bits per heavy atom. The van der Waals surface area contributed by atoms with Crippen LogP contribution in [0.2, 0.25) is 0 Å². The molecule has 0 aliphatic heterocycles. The monoisotopic (exact) mass is 319 g/mol. The Balaban J connectivity index is 1.76. The Morgan fingerprint density at radius 2 is 1.67 bits per heavy atom. The standard InChI is InChI=1S/C18H25NS2/c1-2-15(14-8-4-3-5-9-14)19-18(16-10-6-12-20-16)17-11-7-13-21-17/h6-7,10-15,18-19H,2-5,8-9H2,1H3. The van der Waals surface area contributed by atoms with Gasteiger partial charge in [0.2, 0.25) is 0 Å². The molecule has 0 saturated heterocycles. The fourth-order valence-electron chi connectivity index (χ4n) is 3.55. The molecule has 3 heteroatoms. The average molecular weight is 320 g/mol. The van der Waals surface area contributed by atoms with Gasteiger partial charge in [-0.05, 0) is 48.1 Å². The summed E-state index contributed by atoms with van der Waals surface area (Å²) in [5.41, 5.74) is 0. The molecule has 21 heavy (non-hydrogen) atoms. The molecule has 2 aromatic heterocycles. The molecule has 0 spiro atoms. The number of thiophene rings is 2. The lowest BCUT2D eigenvalue weighted by Gasteiger charge is -2.33. The van der Waals surface area contributed by atoms with Crippen molar-refractivity contribution >= 4 is 22.7 Å². The molecule has 0 bridgehead atoms. The van der Waals surface area contributed by atoms with Crippen molar-refractivity contribution in [3.05, 3.63) is 44.8 Å². The van der Waals surface area contributed by atoms with Gasteiger partial charge in [0, 0.05) is 15.8 Å². The van der Waals surface area contributed by atoms with E-state index in [4.69, 9.17) is 0 Å². The molecule has 0 amide bonds. The van der Waals surface area contributed by atoms with Gasteiger partial charge in [0.05, 0.1) is 6.04 Å². The van der Waals surface area contributed by atoms with Crippen LogP contribution >= 0.6 is 22.7 Å². The van der Waals surface area contributed by atoms with E-state index in [0.29, 0.717) is 12.1 Å². The Kier molecular flexibility index (Phi) is 5.50. The van der Waals surface area contributed by atoms with Gasteiger partial charge >= 0.3 is 0 Å². The number of nitrogens with one attached hydrogen (secondary N) is 1. The number of hydrogen-bond acceptors (Lipinski definition) is 3. The largest absolute Gasteiger partial charge is 0.302 e. The molecule has 3 rings (SSSR count). The first-order chi connectivity index (χ1) is 10.4. The zero-order valence-electron chi connectivity index (χ0n) is 12.8. The first-order valence-electron chi connectivity index (χ1n) is 8.21. The van der Waals surface area contributed by atoms with Crippen LogP contribution in [0.5, 0.6) is 0 Å². The first kappa shape index (κ1) is 15.3. The van der Waals surface area contributed by atoms with Gasteiger partial charge in [-0.3, -0.25) is 0 Å². The Bertz CT molecular complexity index is 463. The molecule has 0 aromatic carbocycles. The molecule has 2 heterocycles. The van der Waals surface area contributed by atoms with Gasteiger partial charge in [-0.25, -0.2) is 0 Å². The molecular weight excluding hydrogens is 294 g/mol. The summed E-state index contributed by atoms with van der Waals surface area (Å²) in [7, 11) is 0. The minimum Gasteiger partial charge on any atom is -0.302 e. The quantitative estimate of drug-likeness (QED) is 0.704. The lowest BCUT2D eigenvalue weighted by Crippen LogP contribution is -2.39. The highest BCUT2D eigenvalue weighted by atomic mass is 32.1. The minimum atomic E-state index is 0.386. The fourth-order valence-corrected chi connectivity index (χ4v) is 5.23. The van der Waals surface area contributed by atoms with E-state index in [1.54, 1.807) is 0 Å². The van der Waals surface area contributed by atoms with E-state index < -0.39 is 0 Å². The molecule has 1 unspecified atom stereocenters. The van der Waals surface area contributed by atoms with E-state index in [1.165, 1.54) is 48.3 Å². The van der Waals surface area contributed by atoms with Crippen LogP contribution in [0.4, 0.5) is 0 Å². The van der Waals surface area contributed by atoms with Crippen molar-refractivity contribution in [3.8, 4) is 0 Å². The van der Waals surface area contributed by atoms with Gasteiger partial charge in [-0.2, -0.15) is 0 Å². The third-order valence-electron chi connectivity index (χ3n) is 4.69. The first-order valence-corrected chi connectivity index (χ1v) is 9.97. The number of hydrogen-bond donors (Lipinski definition) is 1. The predicted molar refractivity (Wildman–Crippen MR) is 94.3 cm³/mol. The third kappa shape index (κ3) is 3.77. The molecular formula is C18H25NS2. The highest BCUT2D eigenvalue weighted by Gasteiger charge is 2.26. The summed E-state index contributed by atoms with van der Waals surface area (Å²) in [6.45, 7) is 2.34. The van der Waals surface area contributed by atoms with Crippen LogP contribution in [0.15, 0.2) is 35.0 Å².